The number of hydrogen-bond donors (Lipinski definition) is 2. The Bertz CT molecular complexity index is 844. The van der Waals surface area contributed by atoms with E-state index in [1.807, 2.05) is 19.1 Å². The Morgan fingerprint density at radius 2 is 2.10 bits per heavy atom. The number of nitrogens with one attached hydrogen (secondary N) is 1. The molecule has 0 unspecified atom stereocenters. The fourth-order valence-electron chi connectivity index (χ4n) is 2.01. The zero-order valence-electron chi connectivity index (χ0n) is 11.0. The maximum atomic E-state index is 10.9. The topological polar surface area (TPSA) is 80.0 Å². The van der Waals surface area contributed by atoms with E-state index >= 15 is 0 Å². The van der Waals surface area contributed by atoms with Crippen molar-refractivity contribution in [1.82, 2.24) is 15.1 Å². The van der Waals surface area contributed by atoms with Crippen molar-refractivity contribution in [3.05, 3.63) is 51.1 Å². The molecule has 3 rings (SSSR count). The number of rotatable bonds is 3. The van der Waals surface area contributed by atoms with Crippen molar-refractivity contribution in [3.8, 4) is 0 Å². The van der Waals surface area contributed by atoms with E-state index in [0.29, 0.717) is 5.52 Å². The van der Waals surface area contributed by atoms with Crippen LogP contribution in [0.1, 0.15) is 15.9 Å². The number of aryl methyl sites for hydroxylation is 1. The van der Waals surface area contributed by atoms with Crippen molar-refractivity contribution in [2.24, 2.45) is 0 Å². The lowest BCUT2D eigenvalue weighted by atomic mass is 10.2. The Morgan fingerprint density at radius 1 is 1.29 bits per heavy atom. The molecule has 21 heavy (non-hydrogen) atoms. The third-order valence-corrected chi connectivity index (χ3v) is 3.78. The van der Waals surface area contributed by atoms with Gasteiger partial charge in [-0.1, -0.05) is 0 Å². The van der Waals surface area contributed by atoms with Gasteiger partial charge in [-0.05, 0) is 76.7 Å². The van der Waals surface area contributed by atoms with Gasteiger partial charge < -0.3 is 5.11 Å². The molecule has 2 aromatic carbocycles. The molecule has 0 radical (unpaired) electrons. The summed E-state index contributed by atoms with van der Waals surface area (Å²) in [6.45, 7) is 2.01. The van der Waals surface area contributed by atoms with Crippen LogP contribution in [0.25, 0.3) is 11.0 Å². The van der Waals surface area contributed by atoms with E-state index in [0.717, 1.165) is 20.3 Å². The average Bonchev–Trinajstić information content (AvgIpc) is 2.84. The lowest BCUT2D eigenvalue weighted by Gasteiger charge is -2.09. The zero-order valence-corrected chi connectivity index (χ0v) is 13.2. The van der Waals surface area contributed by atoms with Crippen LogP contribution in [-0.4, -0.2) is 26.2 Å². The van der Waals surface area contributed by atoms with Crippen LogP contribution < -0.4 is 5.43 Å². The molecule has 1 heterocycles. The summed E-state index contributed by atoms with van der Waals surface area (Å²) in [7, 11) is 0. The molecule has 0 aliphatic heterocycles. The van der Waals surface area contributed by atoms with Crippen molar-refractivity contribution < 1.29 is 9.90 Å². The van der Waals surface area contributed by atoms with E-state index < -0.39 is 5.97 Å². The summed E-state index contributed by atoms with van der Waals surface area (Å²) in [6.07, 6.45) is 0. The molecule has 0 aliphatic rings. The third kappa shape index (κ3) is 2.68. The Kier molecular flexibility index (Phi) is 3.50. The molecule has 7 heteroatoms. The molecule has 0 aliphatic carbocycles. The van der Waals surface area contributed by atoms with Crippen LogP contribution in [0.5, 0.6) is 0 Å². The predicted molar refractivity (Wildman–Crippen MR) is 87.4 cm³/mol. The van der Waals surface area contributed by atoms with Gasteiger partial charge >= 0.3 is 5.97 Å². The molecule has 0 bridgehead atoms. The summed E-state index contributed by atoms with van der Waals surface area (Å²) < 4.78 is 1.16. The van der Waals surface area contributed by atoms with Crippen LogP contribution in [-0.2, 0) is 0 Å². The van der Waals surface area contributed by atoms with Crippen LogP contribution in [0.15, 0.2) is 36.4 Å². The van der Waals surface area contributed by atoms with E-state index in [4.69, 9.17) is 5.11 Å². The second-order valence-corrected chi connectivity index (χ2v) is 5.83. The van der Waals surface area contributed by atoms with E-state index in [-0.39, 0.29) is 5.56 Å². The number of benzene rings is 2. The molecule has 0 spiro atoms. The number of aromatic carboxylic acids is 1. The molecular weight excluding hydrogens is 383 g/mol. The van der Waals surface area contributed by atoms with E-state index in [2.05, 4.69) is 44.4 Å². The summed E-state index contributed by atoms with van der Waals surface area (Å²) in [5.74, 6) is -0.979. The highest BCUT2D eigenvalue weighted by molar-refractivity contribution is 14.1. The first kappa shape index (κ1) is 13.8. The van der Waals surface area contributed by atoms with Gasteiger partial charge in [-0.2, -0.15) is 4.79 Å². The smallest absolute Gasteiger partial charge is 0.335 e. The molecule has 106 valence electrons. The molecule has 6 nitrogen and oxygen atoms in total. The highest BCUT2D eigenvalue weighted by Crippen LogP contribution is 2.19. The first-order chi connectivity index (χ1) is 10.0. The Morgan fingerprint density at radius 3 is 2.81 bits per heavy atom. The number of nitrogens with zero attached hydrogens (tertiary/aromatic N) is 3. The molecule has 0 saturated carbocycles. The zero-order chi connectivity index (χ0) is 15.0. The number of halogens is 1. The van der Waals surface area contributed by atoms with Crippen molar-refractivity contribution in [1.29, 1.82) is 0 Å². The van der Waals surface area contributed by atoms with Gasteiger partial charge in [0.25, 0.3) is 0 Å². The van der Waals surface area contributed by atoms with E-state index in [1.165, 1.54) is 16.9 Å². The molecule has 0 fully saturated rings. The van der Waals surface area contributed by atoms with Crippen LogP contribution in [0.4, 0.5) is 5.69 Å². The minimum absolute atomic E-state index is 0.194. The number of carboxylic acid groups (broad SMARTS) is 1. The molecule has 0 saturated heterocycles. The van der Waals surface area contributed by atoms with Crippen LogP contribution in [0, 0.1) is 10.5 Å². The Balaban J connectivity index is 1.99. The summed E-state index contributed by atoms with van der Waals surface area (Å²) in [5, 5.41) is 17.0. The predicted octanol–water partition coefficient (Wildman–Crippen LogP) is 2.92. The van der Waals surface area contributed by atoms with Gasteiger partial charge in [0.1, 0.15) is 11.0 Å². The molecular formula is C14H11IN4O2. The van der Waals surface area contributed by atoms with Crippen molar-refractivity contribution in [2.75, 3.05) is 5.43 Å². The summed E-state index contributed by atoms with van der Waals surface area (Å²) in [4.78, 5) is 12.5. The van der Waals surface area contributed by atoms with Gasteiger partial charge in [-0.25, -0.2) is 4.79 Å². The minimum Gasteiger partial charge on any atom is -0.478 e. The van der Waals surface area contributed by atoms with Gasteiger partial charge in [0, 0.05) is 3.57 Å². The lowest BCUT2D eigenvalue weighted by molar-refractivity contribution is 0.0697. The van der Waals surface area contributed by atoms with Crippen molar-refractivity contribution >= 4 is 45.3 Å². The minimum atomic E-state index is -0.979. The van der Waals surface area contributed by atoms with Crippen LogP contribution in [0.2, 0.25) is 0 Å². The number of fused-ring (bicyclic) bond motifs is 1. The molecule has 1 aromatic heterocycles. The standard InChI is InChI=1S/C14H11IN4O2/c1-8-6-10(15)3-4-11(8)17-19-13-5-2-9(14(20)21)7-12(13)16-18-19/h2-7,17H,1H3,(H,20,21). The van der Waals surface area contributed by atoms with Crippen LogP contribution >= 0.6 is 22.6 Å². The Labute approximate surface area is 133 Å². The monoisotopic (exact) mass is 394 g/mol. The fraction of sp³-hybridized carbons (Fsp3) is 0.0714. The van der Waals surface area contributed by atoms with E-state index in [9.17, 15) is 4.79 Å². The maximum absolute atomic E-state index is 10.9. The molecule has 0 amide bonds. The average molecular weight is 394 g/mol. The SMILES string of the molecule is Cc1cc(I)ccc1Nn1nnc2cc(C(=O)O)ccc21. The van der Waals surface area contributed by atoms with Gasteiger partial charge in [-0.3, -0.25) is 5.43 Å². The largest absolute Gasteiger partial charge is 0.478 e. The van der Waals surface area contributed by atoms with Gasteiger partial charge in [-0.15, -0.1) is 5.10 Å². The fourth-order valence-corrected chi connectivity index (χ4v) is 2.65. The summed E-state index contributed by atoms with van der Waals surface area (Å²) >= 11 is 2.26. The summed E-state index contributed by atoms with van der Waals surface area (Å²) in [6, 6.07) is 10.8. The van der Waals surface area contributed by atoms with Gasteiger partial charge in [0.15, 0.2) is 0 Å². The van der Waals surface area contributed by atoms with Gasteiger partial charge in [0.05, 0.1) is 11.3 Å². The summed E-state index contributed by atoms with van der Waals surface area (Å²) in [5.41, 5.74) is 6.62. The quantitative estimate of drug-likeness (QED) is 0.668. The number of anilines is 1. The normalized spacial score (nSPS) is 10.8. The highest BCUT2D eigenvalue weighted by atomic mass is 127. The number of aromatic nitrogens is 3. The number of carboxylic acids is 1. The van der Waals surface area contributed by atoms with Crippen molar-refractivity contribution in [3.63, 3.8) is 0 Å². The molecule has 2 N–H and O–H groups in total. The number of hydrogen-bond acceptors (Lipinski definition) is 4. The van der Waals surface area contributed by atoms with Crippen LogP contribution in [0.3, 0.4) is 0 Å². The second-order valence-electron chi connectivity index (χ2n) is 4.58. The first-order valence-corrected chi connectivity index (χ1v) is 7.24. The van der Waals surface area contributed by atoms with Gasteiger partial charge in [0.2, 0.25) is 0 Å². The highest BCUT2D eigenvalue weighted by Gasteiger charge is 2.09. The lowest BCUT2D eigenvalue weighted by Crippen LogP contribution is -2.11. The molecule has 0 atom stereocenters. The molecule has 3 aromatic rings. The third-order valence-electron chi connectivity index (χ3n) is 3.11. The van der Waals surface area contributed by atoms with Crippen molar-refractivity contribution in [2.45, 2.75) is 6.92 Å². The maximum Gasteiger partial charge on any atom is 0.335 e. The second kappa shape index (κ2) is 5.32. The first-order valence-electron chi connectivity index (χ1n) is 6.16. The Hall–Kier alpha value is -2.16. The number of carbonyl (C=O) groups is 1. The van der Waals surface area contributed by atoms with E-state index in [1.54, 1.807) is 6.07 Å².